The molecule has 0 unspecified atom stereocenters. The van der Waals surface area contributed by atoms with Crippen molar-refractivity contribution in [3.05, 3.63) is 35.9 Å². The van der Waals surface area contributed by atoms with Crippen molar-refractivity contribution in [2.24, 2.45) is 0 Å². The smallest absolute Gasteiger partial charge is 0.162 e. The molecular formula is C12H18ClNO. The van der Waals surface area contributed by atoms with Crippen LogP contribution < -0.4 is 0 Å². The van der Waals surface area contributed by atoms with Gasteiger partial charge in [-0.2, -0.15) is 0 Å². The van der Waals surface area contributed by atoms with Crippen molar-refractivity contribution in [3.8, 4) is 0 Å². The van der Waals surface area contributed by atoms with Gasteiger partial charge in [-0.05, 0) is 27.1 Å². The molecule has 0 heterocycles. The van der Waals surface area contributed by atoms with Crippen molar-refractivity contribution in [1.29, 1.82) is 0 Å². The second-order valence-electron chi connectivity index (χ2n) is 3.70. The van der Waals surface area contributed by atoms with E-state index in [4.69, 9.17) is 0 Å². The monoisotopic (exact) mass is 227 g/mol. The number of benzene rings is 1. The highest BCUT2D eigenvalue weighted by Gasteiger charge is 2.03. The van der Waals surface area contributed by atoms with E-state index >= 15 is 0 Å². The molecule has 2 nitrogen and oxygen atoms in total. The quantitative estimate of drug-likeness (QED) is 0.721. The van der Waals surface area contributed by atoms with E-state index in [1.54, 1.807) is 0 Å². The third kappa shape index (κ3) is 5.55. The molecule has 0 saturated heterocycles. The van der Waals surface area contributed by atoms with Gasteiger partial charge in [-0.15, -0.1) is 12.4 Å². The van der Waals surface area contributed by atoms with E-state index in [9.17, 15) is 4.79 Å². The van der Waals surface area contributed by atoms with Crippen LogP contribution in [-0.2, 0) is 0 Å². The first-order valence-corrected chi connectivity index (χ1v) is 4.93. The molecule has 0 atom stereocenters. The Hall–Kier alpha value is -0.860. The fraction of sp³-hybridized carbons (Fsp3) is 0.417. The average molecular weight is 228 g/mol. The number of carbonyl (C=O) groups is 1. The van der Waals surface area contributed by atoms with Gasteiger partial charge in [0.2, 0.25) is 0 Å². The molecule has 0 radical (unpaired) electrons. The molecule has 3 heteroatoms. The van der Waals surface area contributed by atoms with Crippen LogP contribution in [0.5, 0.6) is 0 Å². The summed E-state index contributed by atoms with van der Waals surface area (Å²) in [7, 11) is 4.04. The van der Waals surface area contributed by atoms with Crippen molar-refractivity contribution in [2.75, 3.05) is 20.6 Å². The topological polar surface area (TPSA) is 20.3 Å². The molecule has 0 aliphatic rings. The maximum absolute atomic E-state index is 11.6. The van der Waals surface area contributed by atoms with Gasteiger partial charge in [0.25, 0.3) is 0 Å². The minimum absolute atomic E-state index is 0. The normalized spacial score (nSPS) is 9.80. The molecule has 1 rings (SSSR count). The fourth-order valence-corrected chi connectivity index (χ4v) is 1.32. The summed E-state index contributed by atoms with van der Waals surface area (Å²) < 4.78 is 0. The first-order valence-electron chi connectivity index (χ1n) is 4.93. The Morgan fingerprint density at radius 1 is 1.20 bits per heavy atom. The SMILES string of the molecule is CN(C)CCCC(=O)c1ccccc1.Cl. The molecule has 84 valence electrons. The first kappa shape index (κ1) is 14.1. The standard InChI is InChI=1S/C12H17NO.ClH/c1-13(2)10-6-9-12(14)11-7-4-3-5-8-11;/h3-5,7-8H,6,9-10H2,1-2H3;1H. The van der Waals surface area contributed by atoms with Gasteiger partial charge in [0.15, 0.2) is 5.78 Å². The van der Waals surface area contributed by atoms with Crippen LogP contribution in [0.1, 0.15) is 23.2 Å². The zero-order chi connectivity index (χ0) is 10.4. The average Bonchev–Trinajstić information content (AvgIpc) is 2.18. The lowest BCUT2D eigenvalue weighted by atomic mass is 10.1. The maximum Gasteiger partial charge on any atom is 0.162 e. The largest absolute Gasteiger partial charge is 0.309 e. The molecular weight excluding hydrogens is 210 g/mol. The third-order valence-corrected chi connectivity index (χ3v) is 2.10. The van der Waals surface area contributed by atoms with Crippen LogP contribution in [0.2, 0.25) is 0 Å². The van der Waals surface area contributed by atoms with E-state index in [1.165, 1.54) is 0 Å². The number of ketones is 1. The number of carbonyl (C=O) groups excluding carboxylic acids is 1. The highest BCUT2D eigenvalue weighted by molar-refractivity contribution is 5.95. The van der Waals surface area contributed by atoms with Crippen LogP contribution in [0.25, 0.3) is 0 Å². The lowest BCUT2D eigenvalue weighted by Gasteiger charge is -2.08. The number of halogens is 1. The van der Waals surface area contributed by atoms with Crippen molar-refractivity contribution < 1.29 is 4.79 Å². The summed E-state index contributed by atoms with van der Waals surface area (Å²) in [5.41, 5.74) is 0.825. The molecule has 0 aliphatic carbocycles. The summed E-state index contributed by atoms with van der Waals surface area (Å²) in [6.45, 7) is 0.971. The second kappa shape index (κ2) is 7.43. The predicted molar refractivity (Wildman–Crippen MR) is 65.8 cm³/mol. The molecule has 0 fully saturated rings. The number of hydrogen-bond acceptors (Lipinski definition) is 2. The second-order valence-corrected chi connectivity index (χ2v) is 3.70. The van der Waals surface area contributed by atoms with Crippen LogP contribution in [-0.4, -0.2) is 31.3 Å². The number of Topliss-reactive ketones (excluding diaryl/α,β-unsaturated/α-hetero) is 1. The Morgan fingerprint density at radius 2 is 1.80 bits per heavy atom. The molecule has 0 saturated carbocycles. The molecule has 0 bridgehead atoms. The molecule has 1 aromatic carbocycles. The highest BCUT2D eigenvalue weighted by Crippen LogP contribution is 2.04. The Labute approximate surface area is 97.7 Å². The summed E-state index contributed by atoms with van der Waals surface area (Å²) in [5, 5.41) is 0. The van der Waals surface area contributed by atoms with Crippen LogP contribution in [0, 0.1) is 0 Å². The third-order valence-electron chi connectivity index (χ3n) is 2.10. The van der Waals surface area contributed by atoms with E-state index in [2.05, 4.69) is 4.90 Å². The van der Waals surface area contributed by atoms with E-state index in [0.29, 0.717) is 6.42 Å². The van der Waals surface area contributed by atoms with Gasteiger partial charge >= 0.3 is 0 Å². The molecule has 0 N–H and O–H groups in total. The van der Waals surface area contributed by atoms with Crippen LogP contribution in [0.15, 0.2) is 30.3 Å². The Morgan fingerprint density at radius 3 is 2.33 bits per heavy atom. The van der Waals surface area contributed by atoms with Crippen molar-refractivity contribution in [1.82, 2.24) is 4.90 Å². The van der Waals surface area contributed by atoms with Gasteiger partial charge in [0.05, 0.1) is 0 Å². The van der Waals surface area contributed by atoms with Crippen molar-refractivity contribution >= 4 is 18.2 Å². The summed E-state index contributed by atoms with van der Waals surface area (Å²) in [5.74, 6) is 0.243. The van der Waals surface area contributed by atoms with E-state index in [0.717, 1.165) is 18.5 Å². The summed E-state index contributed by atoms with van der Waals surface area (Å²) in [6, 6.07) is 9.48. The van der Waals surface area contributed by atoms with Gasteiger partial charge < -0.3 is 4.90 Å². The Bertz CT molecular complexity index is 285. The van der Waals surface area contributed by atoms with Crippen molar-refractivity contribution in [3.63, 3.8) is 0 Å². The highest BCUT2D eigenvalue weighted by atomic mass is 35.5. The zero-order valence-corrected chi connectivity index (χ0v) is 10.1. The molecule has 0 amide bonds. The molecule has 15 heavy (non-hydrogen) atoms. The van der Waals surface area contributed by atoms with Crippen LogP contribution >= 0.6 is 12.4 Å². The van der Waals surface area contributed by atoms with E-state index in [-0.39, 0.29) is 18.2 Å². The van der Waals surface area contributed by atoms with E-state index < -0.39 is 0 Å². The van der Waals surface area contributed by atoms with Gasteiger partial charge in [0, 0.05) is 12.0 Å². The maximum atomic E-state index is 11.6. The van der Waals surface area contributed by atoms with Gasteiger partial charge in [-0.1, -0.05) is 30.3 Å². The zero-order valence-electron chi connectivity index (χ0n) is 9.27. The van der Waals surface area contributed by atoms with Crippen molar-refractivity contribution in [2.45, 2.75) is 12.8 Å². The van der Waals surface area contributed by atoms with Gasteiger partial charge in [0.1, 0.15) is 0 Å². The lowest BCUT2D eigenvalue weighted by molar-refractivity contribution is 0.0977. The van der Waals surface area contributed by atoms with Gasteiger partial charge in [-0.25, -0.2) is 0 Å². The molecule has 0 spiro atoms. The molecule has 0 aromatic heterocycles. The van der Waals surface area contributed by atoms with Crippen LogP contribution in [0.4, 0.5) is 0 Å². The summed E-state index contributed by atoms with van der Waals surface area (Å²) in [4.78, 5) is 13.7. The first-order chi connectivity index (χ1) is 6.70. The van der Waals surface area contributed by atoms with E-state index in [1.807, 2.05) is 44.4 Å². The minimum atomic E-state index is 0. The minimum Gasteiger partial charge on any atom is -0.309 e. The summed E-state index contributed by atoms with van der Waals surface area (Å²) >= 11 is 0. The molecule has 0 aliphatic heterocycles. The Balaban J connectivity index is 0.00000196. The lowest BCUT2D eigenvalue weighted by Crippen LogP contribution is -2.14. The summed E-state index contributed by atoms with van der Waals surface area (Å²) in [6.07, 6.45) is 1.57. The number of hydrogen-bond donors (Lipinski definition) is 0. The van der Waals surface area contributed by atoms with Gasteiger partial charge in [-0.3, -0.25) is 4.79 Å². The van der Waals surface area contributed by atoms with Crippen LogP contribution in [0.3, 0.4) is 0 Å². The Kier molecular flexibility index (Phi) is 7.01. The number of nitrogens with zero attached hydrogens (tertiary/aromatic N) is 1. The fourth-order valence-electron chi connectivity index (χ4n) is 1.32. The molecule has 1 aromatic rings. The number of rotatable bonds is 5. The predicted octanol–water partition coefficient (Wildman–Crippen LogP) is 2.63.